The van der Waals surface area contributed by atoms with Gasteiger partial charge in [0.15, 0.2) is 0 Å². The van der Waals surface area contributed by atoms with Crippen LogP contribution in [-0.2, 0) is 4.79 Å². The van der Waals surface area contributed by atoms with E-state index in [2.05, 4.69) is 34.7 Å². The minimum Gasteiger partial charge on any atom is -0.339 e. The van der Waals surface area contributed by atoms with Gasteiger partial charge in [0.25, 0.3) is 5.91 Å². The van der Waals surface area contributed by atoms with Crippen LogP contribution in [0, 0.1) is 5.92 Å². The maximum atomic E-state index is 12.8. The minimum atomic E-state index is 0.0660. The summed E-state index contributed by atoms with van der Waals surface area (Å²) in [7, 11) is 0. The molecule has 2 amide bonds. The molecule has 1 aliphatic carbocycles. The Morgan fingerprint density at radius 3 is 2.17 bits per heavy atom. The van der Waals surface area contributed by atoms with Crippen molar-refractivity contribution in [2.24, 2.45) is 5.92 Å². The summed E-state index contributed by atoms with van der Waals surface area (Å²) in [4.78, 5) is 29.3. The Kier molecular flexibility index (Phi) is 5.28. The van der Waals surface area contributed by atoms with Gasteiger partial charge >= 0.3 is 0 Å². The molecular weight excluding hydrogens is 368 g/mol. The van der Waals surface area contributed by atoms with Gasteiger partial charge in [-0.2, -0.15) is 0 Å². The third-order valence-corrected chi connectivity index (χ3v) is 5.50. The van der Waals surface area contributed by atoms with Gasteiger partial charge in [0, 0.05) is 41.1 Å². The molecule has 1 saturated carbocycles. The molecule has 0 N–H and O–H groups in total. The van der Waals surface area contributed by atoms with E-state index in [4.69, 9.17) is 0 Å². The van der Waals surface area contributed by atoms with Crippen molar-refractivity contribution in [1.82, 2.24) is 9.80 Å². The summed E-state index contributed by atoms with van der Waals surface area (Å²) >= 11 is 3.39. The van der Waals surface area contributed by atoms with Crippen LogP contribution < -0.4 is 0 Å². The van der Waals surface area contributed by atoms with Gasteiger partial charge in [-0.05, 0) is 63.8 Å². The first-order chi connectivity index (χ1) is 11.5. The van der Waals surface area contributed by atoms with Crippen molar-refractivity contribution in [3.63, 3.8) is 0 Å². The largest absolute Gasteiger partial charge is 0.339 e. The topological polar surface area (TPSA) is 40.6 Å². The number of carbonyl (C=O) groups excluding carboxylic acids is 2. The molecule has 0 spiro atoms. The molecule has 0 unspecified atom stereocenters. The number of hydrogen-bond acceptors (Lipinski definition) is 2. The maximum absolute atomic E-state index is 12.8. The molecule has 4 nitrogen and oxygen atoms in total. The highest BCUT2D eigenvalue weighted by Gasteiger charge is 2.38. The third-order valence-electron chi connectivity index (χ3n) is 4.97. The SMILES string of the molecule is CC(C)N(C(=O)C1CCN(C(=O)c2ccc(Br)cc2)CC1)C1CC1. The fourth-order valence-corrected chi connectivity index (χ4v) is 3.79. The lowest BCUT2D eigenvalue weighted by molar-refractivity contribution is -0.139. The van der Waals surface area contributed by atoms with E-state index in [1.165, 1.54) is 0 Å². The van der Waals surface area contributed by atoms with Crippen molar-refractivity contribution >= 4 is 27.7 Å². The molecule has 1 saturated heterocycles. The van der Waals surface area contributed by atoms with E-state index in [0.717, 1.165) is 30.2 Å². The maximum Gasteiger partial charge on any atom is 0.253 e. The van der Waals surface area contributed by atoms with Crippen LogP contribution in [0.5, 0.6) is 0 Å². The molecule has 0 bridgehead atoms. The quantitative estimate of drug-likeness (QED) is 0.783. The highest BCUT2D eigenvalue weighted by molar-refractivity contribution is 9.10. The van der Waals surface area contributed by atoms with Gasteiger partial charge in [0.2, 0.25) is 5.91 Å². The average Bonchev–Trinajstić information content (AvgIpc) is 3.39. The predicted octanol–water partition coefficient (Wildman–Crippen LogP) is 3.70. The minimum absolute atomic E-state index is 0.0660. The molecular formula is C19H25BrN2O2. The van der Waals surface area contributed by atoms with Crippen LogP contribution in [0.15, 0.2) is 28.7 Å². The number of halogens is 1. The fraction of sp³-hybridized carbons (Fsp3) is 0.579. The molecule has 1 aromatic rings. The first kappa shape index (κ1) is 17.5. The second-order valence-electron chi connectivity index (χ2n) is 7.14. The Balaban J connectivity index is 1.58. The number of amides is 2. The lowest BCUT2D eigenvalue weighted by Gasteiger charge is -2.36. The summed E-state index contributed by atoms with van der Waals surface area (Å²) in [6.45, 7) is 5.54. The molecule has 3 rings (SSSR count). The Hall–Kier alpha value is -1.36. The summed E-state index contributed by atoms with van der Waals surface area (Å²) < 4.78 is 0.970. The van der Waals surface area contributed by atoms with Gasteiger partial charge in [0.05, 0.1) is 0 Å². The average molecular weight is 393 g/mol. The third kappa shape index (κ3) is 3.82. The number of rotatable bonds is 4. The van der Waals surface area contributed by atoms with Crippen LogP contribution in [0.25, 0.3) is 0 Å². The van der Waals surface area contributed by atoms with Crippen molar-refractivity contribution in [3.8, 4) is 0 Å². The summed E-state index contributed by atoms with van der Waals surface area (Å²) in [6.07, 6.45) is 3.84. The first-order valence-electron chi connectivity index (χ1n) is 8.84. The first-order valence-corrected chi connectivity index (χ1v) is 9.63. The van der Waals surface area contributed by atoms with Crippen molar-refractivity contribution in [2.45, 2.75) is 51.6 Å². The molecule has 2 aliphatic rings. The number of hydrogen-bond donors (Lipinski definition) is 0. The molecule has 24 heavy (non-hydrogen) atoms. The van der Waals surface area contributed by atoms with Gasteiger partial charge in [0.1, 0.15) is 0 Å². The zero-order valence-electron chi connectivity index (χ0n) is 14.4. The highest BCUT2D eigenvalue weighted by Crippen LogP contribution is 2.32. The van der Waals surface area contributed by atoms with Crippen LogP contribution in [-0.4, -0.2) is 46.8 Å². The Labute approximate surface area is 152 Å². The van der Waals surface area contributed by atoms with Gasteiger partial charge in [-0.15, -0.1) is 0 Å². The number of benzene rings is 1. The van der Waals surface area contributed by atoms with Crippen LogP contribution >= 0.6 is 15.9 Å². The van der Waals surface area contributed by atoms with Crippen molar-refractivity contribution in [2.75, 3.05) is 13.1 Å². The van der Waals surface area contributed by atoms with E-state index in [0.29, 0.717) is 30.6 Å². The highest BCUT2D eigenvalue weighted by atomic mass is 79.9. The van der Waals surface area contributed by atoms with Crippen LogP contribution in [0.4, 0.5) is 0 Å². The van der Waals surface area contributed by atoms with Crippen molar-refractivity contribution in [3.05, 3.63) is 34.3 Å². The lowest BCUT2D eigenvalue weighted by Crippen LogP contribution is -2.47. The summed E-state index contributed by atoms with van der Waals surface area (Å²) in [5, 5.41) is 0. The van der Waals surface area contributed by atoms with Gasteiger partial charge in [-0.25, -0.2) is 0 Å². The van der Waals surface area contributed by atoms with Crippen LogP contribution in [0.2, 0.25) is 0 Å². The van der Waals surface area contributed by atoms with Crippen molar-refractivity contribution in [1.29, 1.82) is 0 Å². The summed E-state index contributed by atoms with van der Waals surface area (Å²) in [5.74, 6) is 0.432. The summed E-state index contributed by atoms with van der Waals surface area (Å²) in [6, 6.07) is 8.20. The Morgan fingerprint density at radius 1 is 1.08 bits per heavy atom. The van der Waals surface area contributed by atoms with E-state index in [1.54, 1.807) is 0 Å². The number of likely N-dealkylation sites (tertiary alicyclic amines) is 1. The van der Waals surface area contributed by atoms with Gasteiger partial charge < -0.3 is 9.80 Å². The molecule has 130 valence electrons. The van der Waals surface area contributed by atoms with E-state index in [1.807, 2.05) is 29.2 Å². The van der Waals surface area contributed by atoms with Crippen molar-refractivity contribution < 1.29 is 9.59 Å². The second kappa shape index (κ2) is 7.26. The Bertz CT molecular complexity index is 600. The predicted molar refractivity (Wildman–Crippen MR) is 97.8 cm³/mol. The lowest BCUT2D eigenvalue weighted by atomic mass is 9.94. The smallest absolute Gasteiger partial charge is 0.253 e. The second-order valence-corrected chi connectivity index (χ2v) is 8.06. The van der Waals surface area contributed by atoms with E-state index >= 15 is 0 Å². The van der Waals surface area contributed by atoms with Crippen LogP contribution in [0.1, 0.15) is 49.9 Å². The Morgan fingerprint density at radius 2 is 1.67 bits per heavy atom. The normalized spacial score (nSPS) is 18.8. The molecule has 1 heterocycles. The molecule has 1 aliphatic heterocycles. The number of nitrogens with zero attached hydrogens (tertiary/aromatic N) is 2. The molecule has 0 radical (unpaired) electrons. The number of carbonyl (C=O) groups is 2. The van der Waals surface area contributed by atoms with E-state index < -0.39 is 0 Å². The number of piperidine rings is 1. The van der Waals surface area contributed by atoms with Gasteiger partial charge in [-0.1, -0.05) is 15.9 Å². The van der Waals surface area contributed by atoms with Crippen LogP contribution in [0.3, 0.4) is 0 Å². The molecule has 0 atom stereocenters. The molecule has 2 fully saturated rings. The van der Waals surface area contributed by atoms with Gasteiger partial charge in [-0.3, -0.25) is 9.59 Å². The standard InChI is InChI=1S/C19H25BrN2O2/c1-13(2)22(17-7-8-17)19(24)15-9-11-21(12-10-15)18(23)14-3-5-16(20)6-4-14/h3-6,13,15,17H,7-12H2,1-2H3. The molecule has 1 aromatic carbocycles. The van der Waals surface area contributed by atoms with E-state index in [9.17, 15) is 9.59 Å². The molecule has 5 heteroatoms. The molecule has 0 aromatic heterocycles. The summed E-state index contributed by atoms with van der Waals surface area (Å²) in [5.41, 5.74) is 0.713. The zero-order chi connectivity index (χ0) is 17.3. The fourth-order valence-electron chi connectivity index (χ4n) is 3.52. The van der Waals surface area contributed by atoms with E-state index in [-0.39, 0.29) is 17.9 Å². The zero-order valence-corrected chi connectivity index (χ0v) is 16.0. The monoisotopic (exact) mass is 392 g/mol.